The molecule has 1 aromatic heterocycles. The minimum atomic E-state index is -1.08. The fourth-order valence-electron chi connectivity index (χ4n) is 3.73. The van der Waals surface area contributed by atoms with Gasteiger partial charge in [0, 0.05) is 52.9 Å². The van der Waals surface area contributed by atoms with Gasteiger partial charge in [0.1, 0.15) is 6.17 Å². The van der Waals surface area contributed by atoms with Crippen LogP contribution in [-0.2, 0) is 0 Å². The topological polar surface area (TPSA) is 49.3 Å². The highest BCUT2D eigenvalue weighted by Gasteiger charge is 2.34. The van der Waals surface area contributed by atoms with Crippen molar-refractivity contribution in [2.45, 2.75) is 38.9 Å². The van der Waals surface area contributed by atoms with Gasteiger partial charge in [-0.2, -0.15) is 0 Å². The number of halogens is 1. The number of fused-ring (bicyclic) bond motifs is 1. The molecule has 4 rings (SSSR count). The summed E-state index contributed by atoms with van der Waals surface area (Å²) in [4.78, 5) is 8.58. The summed E-state index contributed by atoms with van der Waals surface area (Å²) in [7, 11) is 0. The van der Waals surface area contributed by atoms with E-state index < -0.39 is 11.6 Å². The molecule has 1 unspecified atom stereocenters. The molecule has 0 saturated carbocycles. The Hall–Kier alpha value is -2.27. The summed E-state index contributed by atoms with van der Waals surface area (Å²) in [5, 5.41) is 9.20. The van der Waals surface area contributed by atoms with Crippen LogP contribution < -0.4 is 10.6 Å². The second kappa shape index (κ2) is 6.80. The van der Waals surface area contributed by atoms with Crippen LogP contribution in [0.2, 0.25) is 0 Å². The van der Waals surface area contributed by atoms with Crippen LogP contribution in [0.15, 0.2) is 41.8 Å². The lowest BCUT2D eigenvalue weighted by Crippen LogP contribution is -2.35. The van der Waals surface area contributed by atoms with Crippen LogP contribution >= 0.6 is 0 Å². The van der Waals surface area contributed by atoms with Crippen LogP contribution in [0.5, 0.6) is 0 Å². The Morgan fingerprint density at radius 3 is 2.85 bits per heavy atom. The van der Waals surface area contributed by atoms with E-state index >= 15 is 4.39 Å². The first-order valence-electron chi connectivity index (χ1n) is 9.28. The summed E-state index contributed by atoms with van der Waals surface area (Å²) in [6.07, 6.45) is 8.10. The SMILES string of the molecule is CC1(C)C=NC=C(c2cc(NC3CCNCC3)c3cnccc3c2)C1F. The number of nitrogens with zero attached hydrogens (tertiary/aromatic N) is 2. The number of aliphatic imine (C=N–C) groups is 1. The van der Waals surface area contributed by atoms with Crippen molar-refractivity contribution in [1.29, 1.82) is 0 Å². The summed E-state index contributed by atoms with van der Waals surface area (Å²) < 4.78 is 15.1. The van der Waals surface area contributed by atoms with E-state index in [2.05, 4.69) is 26.7 Å². The van der Waals surface area contributed by atoms with Gasteiger partial charge in [-0.15, -0.1) is 0 Å². The Balaban J connectivity index is 1.76. The van der Waals surface area contributed by atoms with E-state index in [0.29, 0.717) is 11.6 Å². The van der Waals surface area contributed by atoms with Gasteiger partial charge in [0.2, 0.25) is 0 Å². The van der Waals surface area contributed by atoms with E-state index in [1.54, 1.807) is 18.6 Å². The number of rotatable bonds is 3. The smallest absolute Gasteiger partial charge is 0.137 e. The van der Waals surface area contributed by atoms with E-state index in [0.717, 1.165) is 48.0 Å². The number of piperidine rings is 1. The molecule has 4 nitrogen and oxygen atoms in total. The third-order valence-corrected chi connectivity index (χ3v) is 5.34. The Labute approximate surface area is 153 Å². The van der Waals surface area contributed by atoms with Gasteiger partial charge < -0.3 is 10.6 Å². The van der Waals surface area contributed by atoms with Gasteiger partial charge >= 0.3 is 0 Å². The molecule has 1 aromatic carbocycles. The zero-order valence-electron chi connectivity index (χ0n) is 15.3. The number of allylic oxidation sites excluding steroid dienone is 1. The van der Waals surface area contributed by atoms with Crippen molar-refractivity contribution in [2.75, 3.05) is 18.4 Å². The van der Waals surface area contributed by atoms with Gasteiger partial charge in [-0.25, -0.2) is 4.39 Å². The fraction of sp³-hybridized carbons (Fsp3) is 0.429. The average molecular weight is 352 g/mol. The minimum Gasteiger partial charge on any atom is -0.382 e. The molecular formula is C21H25FN4. The van der Waals surface area contributed by atoms with Crippen LogP contribution in [0.1, 0.15) is 32.3 Å². The molecule has 136 valence electrons. The number of hydrogen-bond acceptors (Lipinski definition) is 4. The standard InChI is InChI=1S/C21H25FN4/c1-21(2)13-25-12-18(20(21)22)15-9-14-3-6-24-11-17(14)19(10-15)26-16-4-7-23-8-5-16/h3,6,9-13,16,20,23,26H,4-5,7-8H2,1-2H3. The Bertz CT molecular complexity index is 865. The van der Waals surface area contributed by atoms with Crippen LogP contribution in [-0.4, -0.2) is 36.5 Å². The summed E-state index contributed by atoms with van der Waals surface area (Å²) >= 11 is 0. The predicted octanol–water partition coefficient (Wildman–Crippen LogP) is 4.19. The highest BCUT2D eigenvalue weighted by molar-refractivity contribution is 5.97. The summed E-state index contributed by atoms with van der Waals surface area (Å²) in [6, 6.07) is 6.50. The first kappa shape index (κ1) is 17.2. The lowest BCUT2D eigenvalue weighted by Gasteiger charge is -2.30. The van der Waals surface area contributed by atoms with E-state index in [1.807, 2.05) is 32.2 Å². The number of alkyl halides is 1. The van der Waals surface area contributed by atoms with Gasteiger partial charge in [-0.05, 0) is 55.1 Å². The molecule has 0 amide bonds. The van der Waals surface area contributed by atoms with Crippen molar-refractivity contribution >= 4 is 28.2 Å². The second-order valence-electron chi connectivity index (χ2n) is 7.84. The molecule has 1 saturated heterocycles. The second-order valence-corrected chi connectivity index (χ2v) is 7.84. The quantitative estimate of drug-likeness (QED) is 0.871. The summed E-state index contributed by atoms with van der Waals surface area (Å²) in [5.41, 5.74) is 1.96. The van der Waals surface area contributed by atoms with Gasteiger partial charge in [0.05, 0.1) is 0 Å². The van der Waals surface area contributed by atoms with E-state index in [4.69, 9.17) is 0 Å². The van der Waals surface area contributed by atoms with Crippen molar-refractivity contribution in [3.63, 3.8) is 0 Å². The normalized spacial score (nSPS) is 23.0. The molecule has 26 heavy (non-hydrogen) atoms. The summed E-state index contributed by atoms with van der Waals surface area (Å²) in [6.45, 7) is 5.81. The fourth-order valence-corrected chi connectivity index (χ4v) is 3.73. The molecule has 3 heterocycles. The number of anilines is 1. The van der Waals surface area contributed by atoms with Crippen LogP contribution in [0.25, 0.3) is 16.3 Å². The Morgan fingerprint density at radius 1 is 1.23 bits per heavy atom. The summed E-state index contributed by atoms with van der Waals surface area (Å²) in [5.74, 6) is 0. The molecule has 2 N–H and O–H groups in total. The molecule has 0 spiro atoms. The minimum absolute atomic E-state index is 0.422. The molecule has 5 heteroatoms. The van der Waals surface area contributed by atoms with E-state index in [1.165, 1.54) is 0 Å². The van der Waals surface area contributed by atoms with Gasteiger partial charge in [-0.1, -0.05) is 13.8 Å². The lowest BCUT2D eigenvalue weighted by atomic mass is 9.81. The monoisotopic (exact) mass is 352 g/mol. The average Bonchev–Trinajstić information content (AvgIpc) is 2.65. The van der Waals surface area contributed by atoms with Crippen LogP contribution in [0, 0.1) is 5.41 Å². The number of nitrogens with one attached hydrogen (secondary N) is 2. The largest absolute Gasteiger partial charge is 0.382 e. The first-order chi connectivity index (χ1) is 12.5. The predicted molar refractivity (Wildman–Crippen MR) is 106 cm³/mol. The molecule has 0 radical (unpaired) electrons. The molecule has 1 fully saturated rings. The third kappa shape index (κ3) is 3.23. The molecule has 0 aliphatic carbocycles. The van der Waals surface area contributed by atoms with Gasteiger partial charge in [0.15, 0.2) is 0 Å². The molecule has 1 atom stereocenters. The highest BCUT2D eigenvalue weighted by Crippen LogP contribution is 2.38. The Morgan fingerprint density at radius 2 is 2.04 bits per heavy atom. The number of aromatic nitrogens is 1. The first-order valence-corrected chi connectivity index (χ1v) is 9.28. The number of pyridine rings is 1. The maximum atomic E-state index is 15.1. The maximum absolute atomic E-state index is 15.1. The van der Waals surface area contributed by atoms with E-state index in [9.17, 15) is 0 Å². The molecule has 2 aliphatic heterocycles. The van der Waals surface area contributed by atoms with Gasteiger partial charge in [0.25, 0.3) is 0 Å². The maximum Gasteiger partial charge on any atom is 0.137 e. The number of hydrogen-bond donors (Lipinski definition) is 2. The lowest BCUT2D eigenvalue weighted by molar-refractivity contribution is 0.274. The van der Waals surface area contributed by atoms with Crippen molar-refractivity contribution in [3.05, 3.63) is 42.4 Å². The Kier molecular flexibility index (Phi) is 4.49. The third-order valence-electron chi connectivity index (χ3n) is 5.34. The van der Waals surface area contributed by atoms with Gasteiger partial charge in [-0.3, -0.25) is 9.98 Å². The zero-order chi connectivity index (χ0) is 18.1. The van der Waals surface area contributed by atoms with E-state index in [-0.39, 0.29) is 0 Å². The van der Waals surface area contributed by atoms with Crippen molar-refractivity contribution in [3.8, 4) is 0 Å². The highest BCUT2D eigenvalue weighted by atomic mass is 19.1. The van der Waals surface area contributed by atoms with Crippen molar-refractivity contribution in [2.24, 2.45) is 10.4 Å². The molecule has 0 bridgehead atoms. The van der Waals surface area contributed by atoms with Crippen molar-refractivity contribution < 1.29 is 4.39 Å². The molecule has 2 aliphatic rings. The zero-order valence-corrected chi connectivity index (χ0v) is 15.3. The van der Waals surface area contributed by atoms with Crippen LogP contribution in [0.4, 0.5) is 10.1 Å². The molecular weight excluding hydrogens is 327 g/mol. The number of benzene rings is 1. The molecule has 2 aromatic rings. The van der Waals surface area contributed by atoms with Crippen LogP contribution in [0.3, 0.4) is 0 Å². The van der Waals surface area contributed by atoms with Crippen molar-refractivity contribution in [1.82, 2.24) is 10.3 Å².